The largest absolute Gasteiger partial charge is 0.507 e. The quantitative estimate of drug-likeness (QED) is 0.438. The summed E-state index contributed by atoms with van der Waals surface area (Å²) >= 11 is 0. The van der Waals surface area contributed by atoms with Crippen LogP contribution in [0.4, 0.5) is 4.79 Å². The van der Waals surface area contributed by atoms with E-state index in [-0.39, 0.29) is 23.5 Å². The number of carbonyl (C=O) groups is 2. The lowest BCUT2D eigenvalue weighted by atomic mass is 10.1. The van der Waals surface area contributed by atoms with Gasteiger partial charge in [0.1, 0.15) is 11.3 Å². The number of carboxylic acid groups (broad SMARTS) is 1. The van der Waals surface area contributed by atoms with E-state index in [1.807, 2.05) is 0 Å². The van der Waals surface area contributed by atoms with Gasteiger partial charge in [-0.1, -0.05) is 0 Å². The molecule has 116 valence electrons. The van der Waals surface area contributed by atoms with Gasteiger partial charge in [-0.2, -0.15) is 0 Å². The fourth-order valence-electron chi connectivity index (χ4n) is 1.58. The highest BCUT2D eigenvalue weighted by molar-refractivity contribution is 7.89. The van der Waals surface area contributed by atoms with E-state index < -0.39 is 33.3 Å². The minimum atomic E-state index is -3.98. The topological polar surface area (TPSA) is 159 Å². The molecule has 0 bridgehead atoms. The van der Waals surface area contributed by atoms with E-state index in [4.69, 9.17) is 10.8 Å². The van der Waals surface area contributed by atoms with Crippen LogP contribution in [0.5, 0.6) is 5.75 Å². The second kappa shape index (κ2) is 6.41. The van der Waals surface area contributed by atoms with Crippen LogP contribution in [0.1, 0.15) is 15.9 Å². The van der Waals surface area contributed by atoms with E-state index in [0.29, 0.717) is 0 Å². The molecule has 0 saturated carbocycles. The summed E-state index contributed by atoms with van der Waals surface area (Å²) in [5.74, 6) is -1.96. The molecule has 0 saturated heterocycles. The molecule has 9 nitrogen and oxygen atoms in total. The van der Waals surface area contributed by atoms with Gasteiger partial charge in [0, 0.05) is 13.1 Å². The van der Waals surface area contributed by atoms with Crippen LogP contribution in [0.2, 0.25) is 0 Å². The first kappa shape index (κ1) is 16.7. The van der Waals surface area contributed by atoms with Crippen LogP contribution < -0.4 is 15.8 Å². The van der Waals surface area contributed by atoms with E-state index in [2.05, 4.69) is 10.0 Å². The highest BCUT2D eigenvalue weighted by Gasteiger charge is 2.21. The summed E-state index contributed by atoms with van der Waals surface area (Å²) in [4.78, 5) is 21.1. The second-order valence-electron chi connectivity index (χ2n) is 4.13. The highest BCUT2D eigenvalue weighted by atomic mass is 32.2. The van der Waals surface area contributed by atoms with Crippen LogP contribution in [-0.2, 0) is 10.0 Å². The molecule has 0 aliphatic carbocycles. The second-order valence-corrected chi connectivity index (χ2v) is 5.86. The molecule has 1 aromatic rings. The fraction of sp³-hybridized carbons (Fsp3) is 0.273. The summed E-state index contributed by atoms with van der Waals surface area (Å²) in [6.07, 6.45) is 0. The zero-order valence-corrected chi connectivity index (χ0v) is 11.9. The van der Waals surface area contributed by atoms with E-state index in [9.17, 15) is 23.1 Å². The van der Waals surface area contributed by atoms with E-state index in [1.165, 1.54) is 6.92 Å². The maximum Gasteiger partial charge on any atom is 0.339 e. The maximum absolute atomic E-state index is 12.1. The number of sulfonamides is 1. The van der Waals surface area contributed by atoms with Crippen LogP contribution >= 0.6 is 0 Å². The summed E-state index contributed by atoms with van der Waals surface area (Å²) in [7, 11) is -3.98. The summed E-state index contributed by atoms with van der Waals surface area (Å²) in [5.41, 5.74) is 4.50. The normalized spacial score (nSPS) is 11.1. The average molecular weight is 317 g/mol. The number of aromatic hydroxyl groups is 1. The Hall–Kier alpha value is -2.33. The molecule has 0 atom stereocenters. The number of benzene rings is 1. The van der Waals surface area contributed by atoms with Gasteiger partial charge in [-0.3, -0.25) is 0 Å². The molecular weight excluding hydrogens is 302 g/mol. The van der Waals surface area contributed by atoms with E-state index in [0.717, 1.165) is 12.1 Å². The van der Waals surface area contributed by atoms with Crippen LogP contribution in [0.3, 0.4) is 0 Å². The van der Waals surface area contributed by atoms with Crippen molar-refractivity contribution in [2.45, 2.75) is 11.8 Å². The SMILES string of the molecule is Cc1cc(O)c(C(=O)O)cc1S(=O)(=O)NCCNC(N)=O. The summed E-state index contributed by atoms with van der Waals surface area (Å²) in [5, 5.41) is 20.6. The molecule has 21 heavy (non-hydrogen) atoms. The first-order valence-electron chi connectivity index (χ1n) is 5.75. The van der Waals surface area contributed by atoms with Gasteiger partial charge in [0.15, 0.2) is 0 Å². The minimum Gasteiger partial charge on any atom is -0.507 e. The fourth-order valence-corrected chi connectivity index (χ4v) is 2.86. The molecule has 1 aromatic carbocycles. The van der Waals surface area contributed by atoms with Crippen molar-refractivity contribution in [3.05, 3.63) is 23.3 Å². The third-order valence-electron chi connectivity index (χ3n) is 2.53. The Bertz CT molecular complexity index is 671. The van der Waals surface area contributed by atoms with Gasteiger partial charge in [-0.05, 0) is 24.6 Å². The first-order valence-corrected chi connectivity index (χ1v) is 7.23. The molecule has 10 heteroatoms. The van der Waals surface area contributed by atoms with Crippen LogP contribution in [0, 0.1) is 6.92 Å². The van der Waals surface area contributed by atoms with Gasteiger partial charge in [-0.25, -0.2) is 22.7 Å². The van der Waals surface area contributed by atoms with Crippen molar-refractivity contribution in [1.29, 1.82) is 0 Å². The standard InChI is InChI=1S/C11H15N3O6S/c1-6-4-8(15)7(10(16)17)5-9(6)21(19,20)14-3-2-13-11(12)18/h4-5,14-15H,2-3H2,1H3,(H,16,17)(H3,12,13,18). The van der Waals surface area contributed by atoms with Crippen molar-refractivity contribution >= 4 is 22.0 Å². The number of amides is 2. The van der Waals surface area contributed by atoms with Crippen LogP contribution in [-0.4, -0.2) is 43.7 Å². The molecule has 0 spiro atoms. The van der Waals surface area contributed by atoms with Crippen molar-refractivity contribution in [3.63, 3.8) is 0 Å². The van der Waals surface area contributed by atoms with Crippen molar-refractivity contribution in [3.8, 4) is 5.75 Å². The van der Waals surface area contributed by atoms with E-state index in [1.54, 1.807) is 0 Å². The van der Waals surface area contributed by atoms with Gasteiger partial charge in [-0.15, -0.1) is 0 Å². The van der Waals surface area contributed by atoms with Gasteiger partial charge in [0.25, 0.3) is 0 Å². The molecule has 0 unspecified atom stereocenters. The highest BCUT2D eigenvalue weighted by Crippen LogP contribution is 2.25. The monoisotopic (exact) mass is 317 g/mol. The number of carbonyl (C=O) groups excluding carboxylic acids is 1. The lowest BCUT2D eigenvalue weighted by Gasteiger charge is -2.11. The Labute approximate surface area is 120 Å². The molecule has 2 amide bonds. The van der Waals surface area contributed by atoms with Gasteiger partial charge >= 0.3 is 12.0 Å². The van der Waals surface area contributed by atoms with Crippen molar-refractivity contribution in [2.75, 3.05) is 13.1 Å². The van der Waals surface area contributed by atoms with Crippen LogP contribution in [0.15, 0.2) is 17.0 Å². The van der Waals surface area contributed by atoms with Crippen molar-refractivity contribution < 1.29 is 28.2 Å². The number of carboxylic acids is 1. The predicted molar refractivity (Wildman–Crippen MR) is 72.6 cm³/mol. The van der Waals surface area contributed by atoms with Crippen molar-refractivity contribution in [2.24, 2.45) is 5.73 Å². The molecule has 0 heterocycles. The average Bonchev–Trinajstić information content (AvgIpc) is 2.33. The number of aryl methyl sites for hydroxylation is 1. The summed E-state index contributed by atoms with van der Waals surface area (Å²) < 4.78 is 26.3. The number of urea groups is 1. The molecule has 0 aliphatic heterocycles. The molecule has 0 fully saturated rings. The zero-order chi connectivity index (χ0) is 16.2. The Kier molecular flexibility index (Phi) is 5.11. The maximum atomic E-state index is 12.1. The molecule has 6 N–H and O–H groups in total. The third kappa shape index (κ3) is 4.33. The molecule has 0 aliphatic rings. The Morgan fingerprint density at radius 1 is 1.29 bits per heavy atom. The lowest BCUT2D eigenvalue weighted by Crippen LogP contribution is -2.37. The lowest BCUT2D eigenvalue weighted by molar-refractivity contribution is 0.0693. The van der Waals surface area contributed by atoms with Gasteiger partial charge < -0.3 is 21.3 Å². The van der Waals surface area contributed by atoms with Crippen LogP contribution in [0.25, 0.3) is 0 Å². The molecule has 0 radical (unpaired) electrons. The first-order chi connectivity index (χ1) is 9.65. The number of hydrogen-bond donors (Lipinski definition) is 5. The van der Waals surface area contributed by atoms with Gasteiger partial charge in [0.05, 0.1) is 4.90 Å². The number of nitrogens with two attached hydrogens (primary N) is 1. The summed E-state index contributed by atoms with van der Waals surface area (Å²) in [6, 6.07) is 1.14. The Balaban J connectivity index is 3.00. The number of phenols is 1. The number of rotatable bonds is 6. The van der Waals surface area contributed by atoms with E-state index >= 15 is 0 Å². The van der Waals surface area contributed by atoms with Crippen molar-refractivity contribution in [1.82, 2.24) is 10.0 Å². The summed E-state index contributed by atoms with van der Waals surface area (Å²) in [6.45, 7) is 1.28. The zero-order valence-electron chi connectivity index (χ0n) is 11.1. The molecular formula is C11H15N3O6S. The molecule has 0 aromatic heterocycles. The number of primary amides is 1. The number of nitrogens with one attached hydrogen (secondary N) is 2. The Morgan fingerprint density at radius 3 is 2.43 bits per heavy atom. The smallest absolute Gasteiger partial charge is 0.339 e. The predicted octanol–water partition coefficient (Wildman–Crippen LogP) is -0.655. The number of hydrogen-bond acceptors (Lipinski definition) is 5. The molecule has 1 rings (SSSR count). The third-order valence-corrected chi connectivity index (χ3v) is 4.13. The minimum absolute atomic E-state index is 0.0164. The Morgan fingerprint density at radius 2 is 1.90 bits per heavy atom. The number of aromatic carboxylic acids is 1. The van der Waals surface area contributed by atoms with Gasteiger partial charge in [0.2, 0.25) is 10.0 Å².